The minimum Gasteiger partial charge on any atom is -0.310 e. The van der Waals surface area contributed by atoms with Gasteiger partial charge in [0.1, 0.15) is 0 Å². The Morgan fingerprint density at radius 2 is 0.815 bits per heavy atom. The molecule has 4 heterocycles. The zero-order chi connectivity index (χ0) is 43.0. The first-order chi connectivity index (χ1) is 32.3. The van der Waals surface area contributed by atoms with E-state index in [-0.39, 0.29) is 0 Å². The predicted octanol–water partition coefficient (Wildman–Crippen LogP) is 16.1. The molecule has 0 aliphatic rings. The number of fused-ring (bicyclic) bond motifs is 14. The Hall–Kier alpha value is -8.34. The SMILES string of the molecule is C/C=C(\C=C/CCc1ccc(-n2c3ccccc3c3ccc4c(c5ccccc5n4-c4ccccc4)c32)cc1)n1c2ccccc2c2c1ccc1c3ccccc3n(-c3ccccc3)c12. The van der Waals surface area contributed by atoms with Gasteiger partial charge in [-0.3, -0.25) is 0 Å². The molecule has 4 nitrogen and oxygen atoms in total. The lowest BCUT2D eigenvalue weighted by atomic mass is 10.1. The van der Waals surface area contributed by atoms with Crippen molar-refractivity contribution in [3.8, 4) is 17.1 Å². The molecule has 4 aromatic heterocycles. The Bertz CT molecular complexity index is 4040. The van der Waals surface area contributed by atoms with E-state index in [1.165, 1.54) is 116 Å². The summed E-state index contributed by atoms with van der Waals surface area (Å²) in [6.45, 7) is 2.15. The fraction of sp³-hybridized carbons (Fsp3) is 0.0492. The van der Waals surface area contributed by atoms with Crippen LogP contribution >= 0.6 is 0 Å². The molecule has 13 rings (SSSR count). The van der Waals surface area contributed by atoms with E-state index in [0.29, 0.717) is 0 Å². The standard InChI is InChI=1S/C61H44N4/c1-2-42(62-54-31-17-13-27-50(54)58-56(62)39-37-48-46-25-11-15-29-52(46)64(60(48)58)44-23-7-4-8-24-44)20-10-9-19-41-33-35-45(36-34-41)65-53-30-16-12-26-47(53)49-38-40-57-59(61(49)65)51-28-14-18-32-55(51)63(57)43-21-5-3-6-22-43/h2-8,10-18,20-40H,9,19H2,1H3/b20-10-,42-2+. The Kier molecular flexibility index (Phi) is 8.53. The zero-order valence-corrected chi connectivity index (χ0v) is 36.1. The monoisotopic (exact) mass is 832 g/mol. The van der Waals surface area contributed by atoms with E-state index in [2.05, 4.69) is 250 Å². The normalized spacial score (nSPS) is 12.5. The van der Waals surface area contributed by atoms with Crippen LogP contribution in [-0.2, 0) is 6.42 Å². The van der Waals surface area contributed by atoms with Gasteiger partial charge in [0.15, 0.2) is 0 Å². The van der Waals surface area contributed by atoms with Crippen LogP contribution < -0.4 is 0 Å². The van der Waals surface area contributed by atoms with Crippen molar-refractivity contribution in [2.45, 2.75) is 19.8 Å². The Morgan fingerprint density at radius 1 is 0.369 bits per heavy atom. The van der Waals surface area contributed by atoms with Crippen molar-refractivity contribution in [2.75, 3.05) is 0 Å². The van der Waals surface area contributed by atoms with Crippen molar-refractivity contribution in [1.82, 2.24) is 18.3 Å². The first-order valence-corrected chi connectivity index (χ1v) is 22.7. The van der Waals surface area contributed by atoms with E-state index >= 15 is 0 Å². The molecule has 0 radical (unpaired) electrons. The maximum absolute atomic E-state index is 2.48. The third-order valence-electron chi connectivity index (χ3n) is 13.6. The summed E-state index contributed by atoms with van der Waals surface area (Å²) >= 11 is 0. The van der Waals surface area contributed by atoms with Gasteiger partial charge < -0.3 is 18.3 Å². The Balaban J connectivity index is 0.859. The summed E-state index contributed by atoms with van der Waals surface area (Å²) in [6.07, 6.45) is 8.77. The van der Waals surface area contributed by atoms with Crippen molar-refractivity contribution in [3.63, 3.8) is 0 Å². The van der Waals surface area contributed by atoms with Crippen LogP contribution in [0.5, 0.6) is 0 Å². The van der Waals surface area contributed by atoms with Crippen LogP contribution in [0.1, 0.15) is 18.9 Å². The molecular formula is C61H44N4. The molecule has 0 aliphatic carbocycles. The molecule has 0 saturated carbocycles. The van der Waals surface area contributed by atoms with Gasteiger partial charge in [-0.2, -0.15) is 0 Å². The van der Waals surface area contributed by atoms with E-state index in [9.17, 15) is 0 Å². The van der Waals surface area contributed by atoms with E-state index in [1.54, 1.807) is 0 Å². The number of para-hydroxylation sites is 6. The highest BCUT2D eigenvalue weighted by Gasteiger charge is 2.22. The summed E-state index contributed by atoms with van der Waals surface area (Å²) < 4.78 is 9.79. The van der Waals surface area contributed by atoms with Gasteiger partial charge in [0.05, 0.1) is 44.1 Å². The van der Waals surface area contributed by atoms with Crippen LogP contribution in [0, 0.1) is 0 Å². The van der Waals surface area contributed by atoms with Gasteiger partial charge in [-0.15, -0.1) is 0 Å². The minimum absolute atomic E-state index is 0.926. The molecule has 13 aromatic rings. The highest BCUT2D eigenvalue weighted by molar-refractivity contribution is 6.27. The van der Waals surface area contributed by atoms with Crippen LogP contribution in [0.25, 0.3) is 110 Å². The van der Waals surface area contributed by atoms with Gasteiger partial charge >= 0.3 is 0 Å². The number of aryl methyl sites for hydroxylation is 1. The van der Waals surface area contributed by atoms with Crippen LogP contribution in [0.3, 0.4) is 0 Å². The lowest BCUT2D eigenvalue weighted by Gasteiger charge is -2.11. The fourth-order valence-electron chi connectivity index (χ4n) is 10.8. The van der Waals surface area contributed by atoms with Crippen molar-refractivity contribution < 1.29 is 0 Å². The largest absolute Gasteiger partial charge is 0.310 e. The molecule has 4 heteroatoms. The van der Waals surface area contributed by atoms with Gasteiger partial charge in [-0.05, 0) is 104 Å². The molecule has 9 aromatic carbocycles. The number of benzene rings is 9. The van der Waals surface area contributed by atoms with Crippen molar-refractivity contribution in [3.05, 3.63) is 230 Å². The molecule has 65 heavy (non-hydrogen) atoms. The summed E-state index contributed by atoms with van der Waals surface area (Å²) in [6, 6.07) is 75.4. The second kappa shape index (κ2) is 14.9. The zero-order valence-electron chi connectivity index (χ0n) is 36.1. The van der Waals surface area contributed by atoms with Crippen LogP contribution in [0.2, 0.25) is 0 Å². The van der Waals surface area contributed by atoms with Gasteiger partial charge in [0.2, 0.25) is 0 Å². The molecule has 0 fully saturated rings. The lowest BCUT2D eigenvalue weighted by molar-refractivity contribution is 0.997. The number of hydrogen-bond acceptors (Lipinski definition) is 0. The van der Waals surface area contributed by atoms with Crippen LogP contribution in [-0.4, -0.2) is 18.3 Å². The minimum atomic E-state index is 0.926. The van der Waals surface area contributed by atoms with E-state index in [4.69, 9.17) is 0 Å². The van der Waals surface area contributed by atoms with Crippen LogP contribution in [0.15, 0.2) is 224 Å². The first-order valence-electron chi connectivity index (χ1n) is 22.7. The van der Waals surface area contributed by atoms with Crippen molar-refractivity contribution in [1.29, 1.82) is 0 Å². The second-order valence-electron chi connectivity index (χ2n) is 17.1. The van der Waals surface area contributed by atoms with E-state index in [1.807, 2.05) is 0 Å². The first kappa shape index (κ1) is 37.2. The molecule has 308 valence electrons. The van der Waals surface area contributed by atoms with E-state index < -0.39 is 0 Å². The summed E-state index contributed by atoms with van der Waals surface area (Å²) in [4.78, 5) is 0. The molecule has 0 saturated heterocycles. The van der Waals surface area contributed by atoms with E-state index in [0.717, 1.165) is 12.8 Å². The maximum Gasteiger partial charge on any atom is 0.0641 e. The molecular weight excluding hydrogens is 789 g/mol. The van der Waals surface area contributed by atoms with Gasteiger partial charge in [0, 0.05) is 65.8 Å². The summed E-state index contributed by atoms with van der Waals surface area (Å²) in [5.41, 5.74) is 15.8. The average Bonchev–Trinajstić information content (AvgIpc) is 4.10. The molecule has 0 N–H and O–H groups in total. The Labute approximate surface area is 376 Å². The van der Waals surface area contributed by atoms with Crippen molar-refractivity contribution >= 4 is 92.9 Å². The molecule has 0 spiro atoms. The molecule has 0 amide bonds. The lowest BCUT2D eigenvalue weighted by Crippen LogP contribution is -1.96. The molecule has 0 bridgehead atoms. The fourth-order valence-corrected chi connectivity index (χ4v) is 10.8. The topological polar surface area (TPSA) is 19.7 Å². The Morgan fingerprint density at radius 3 is 1.40 bits per heavy atom. The number of allylic oxidation sites excluding steroid dienone is 4. The smallest absolute Gasteiger partial charge is 0.0641 e. The maximum atomic E-state index is 2.48. The molecule has 0 unspecified atom stereocenters. The number of hydrogen-bond donors (Lipinski definition) is 0. The van der Waals surface area contributed by atoms with Gasteiger partial charge in [-0.25, -0.2) is 0 Å². The number of aromatic nitrogens is 4. The highest BCUT2D eigenvalue weighted by atomic mass is 15.0. The average molecular weight is 833 g/mol. The van der Waals surface area contributed by atoms with Crippen LogP contribution in [0.4, 0.5) is 0 Å². The predicted molar refractivity (Wildman–Crippen MR) is 276 cm³/mol. The quantitative estimate of drug-likeness (QED) is 0.136. The number of nitrogens with zero attached hydrogens (tertiary/aromatic N) is 4. The molecule has 0 atom stereocenters. The third kappa shape index (κ3) is 5.63. The summed E-state index contributed by atoms with van der Waals surface area (Å²) in [5, 5.41) is 10.1. The third-order valence-corrected chi connectivity index (χ3v) is 13.6. The van der Waals surface area contributed by atoms with Gasteiger partial charge in [-0.1, -0.05) is 146 Å². The number of rotatable bonds is 8. The van der Waals surface area contributed by atoms with Gasteiger partial charge in [0.25, 0.3) is 0 Å². The highest BCUT2D eigenvalue weighted by Crippen LogP contribution is 2.44. The second-order valence-corrected chi connectivity index (χ2v) is 17.1. The molecule has 0 aliphatic heterocycles. The summed E-state index contributed by atoms with van der Waals surface area (Å²) in [5.74, 6) is 0. The van der Waals surface area contributed by atoms with Crippen molar-refractivity contribution in [2.24, 2.45) is 0 Å². The summed E-state index contributed by atoms with van der Waals surface area (Å²) in [7, 11) is 0.